The first-order valence-corrected chi connectivity index (χ1v) is 46.8. The van der Waals surface area contributed by atoms with Crippen LogP contribution in [-0.4, -0.2) is 673 Å². The molecule has 0 spiro atoms. The zero-order chi connectivity index (χ0) is 104. The van der Waals surface area contributed by atoms with Crippen LogP contribution in [0, 0.1) is 0 Å². The fourth-order valence-corrected chi connectivity index (χ4v) is 18.6. The average Bonchev–Trinajstić information content (AvgIpc) is 1.78. The van der Waals surface area contributed by atoms with E-state index in [4.69, 9.17) is 147 Å². The first kappa shape index (κ1) is 115. The van der Waals surface area contributed by atoms with Gasteiger partial charge in [0.2, 0.25) is 0 Å². The maximum atomic E-state index is 11.2. The molecule has 65 nitrogen and oxygen atoms in total. The minimum absolute atomic E-state index is 0.416. The highest BCUT2D eigenvalue weighted by atomic mass is 16.8. The molecule has 64 atom stereocenters. The lowest BCUT2D eigenvalue weighted by molar-refractivity contribution is -0.372. The molecule has 0 saturated carbocycles. The van der Waals surface area contributed by atoms with Crippen LogP contribution < -0.4 is 0 Å². The molecule has 16 aliphatic heterocycles. The number of rotatable bonds is 31. The van der Waals surface area contributed by atoms with Crippen molar-refractivity contribution >= 4 is 0 Å². The highest BCUT2D eigenvalue weighted by molar-refractivity contribution is 5.01. The van der Waals surface area contributed by atoms with E-state index in [2.05, 4.69) is 0 Å². The smallest absolute Gasteiger partial charge is 0.187 e. The van der Waals surface area contributed by atoms with Crippen LogP contribution in [0.2, 0.25) is 0 Å². The molecule has 16 saturated heterocycles. The zero-order valence-corrected chi connectivity index (χ0v) is 76.1. The standard InChI is InChI=1S/C80H130O65/c81-1-18-34(84)63(113)79(130-18)145-64-33(83)17(82)2-116-80(64)144-32-16-129-78(62(112)48(32)98)143-31-15-128-77(61(111)47(31)97)142-30-14-127-76(60(110)46(30)96)141-29-13-126-75(59(109)45(29)95)140-28-12-125-74(58(108)44(28)94)139-27-11-124-73(57(107)43(27)93)138-26-10-123-72(56(106)42(26)92)137-25-9-122-71(55(105)41(25)91)136-24-8-121-70(54(104)40(24)90)135-23-7-120-69(53(103)39(23)89)134-22-6-119-68(52(102)38(22)88)133-21-5-118-67(51(101)37(21)87)132-20-4-117-66(50(100)36(20)86)131-19-3-115-65(114)49(99)35(19)85/h17-114H,1-16H2/t17-,18+,19-,20-,21-,22-,23-,24-,25-,26-,27-,28-,29-,30-,31-,32-,33+,34-,35+,36+,37+,38+,39+,40+,41+,42+,43+,44+,45+,46+,47+,48+,49?,50?,51?,52?,53?,54?,55?,56?,57?,58?,59?,60?,61?,62?,63?,64?,65-,66+,67-,68-,69-,70-,71-,72-,73-,74-,75-,76-,77-,78-,79+,80+/m1/s1. The summed E-state index contributed by atoms with van der Waals surface area (Å²) in [6.07, 6.45) is -111. The summed E-state index contributed by atoms with van der Waals surface area (Å²) in [7, 11) is 0. The van der Waals surface area contributed by atoms with Crippen LogP contribution in [0.15, 0.2) is 0 Å². The van der Waals surface area contributed by atoms with E-state index >= 15 is 0 Å². The van der Waals surface area contributed by atoms with Crippen molar-refractivity contribution in [2.24, 2.45) is 0 Å². The Morgan fingerprint density at radius 2 is 0.283 bits per heavy atom. The van der Waals surface area contributed by atoms with E-state index in [0.717, 1.165) is 0 Å². The van der Waals surface area contributed by atoms with Gasteiger partial charge in [0.15, 0.2) is 101 Å². The third-order valence-corrected chi connectivity index (χ3v) is 27.6. The van der Waals surface area contributed by atoms with E-state index in [1.54, 1.807) is 0 Å². The van der Waals surface area contributed by atoms with Crippen LogP contribution >= 0.6 is 0 Å². The average molecular weight is 2130 g/mol. The zero-order valence-electron chi connectivity index (χ0n) is 76.1. The lowest BCUT2D eigenvalue weighted by Gasteiger charge is -2.46. The fourth-order valence-electron chi connectivity index (χ4n) is 18.6. The van der Waals surface area contributed by atoms with Crippen LogP contribution in [0.25, 0.3) is 0 Å². The Hall–Kier alpha value is -2.60. The van der Waals surface area contributed by atoms with Crippen LogP contribution in [0.3, 0.4) is 0 Å². The van der Waals surface area contributed by atoms with E-state index < -0.39 is 499 Å². The van der Waals surface area contributed by atoms with Crippen LogP contribution in [-0.2, 0) is 147 Å². The van der Waals surface area contributed by atoms with E-state index in [1.165, 1.54) is 0 Å². The predicted octanol–water partition coefficient (Wildman–Crippen LogP) is -25.6. The van der Waals surface area contributed by atoms with Crippen molar-refractivity contribution in [3.63, 3.8) is 0 Å². The Bertz CT molecular complexity index is 3770. The predicted molar refractivity (Wildman–Crippen MR) is 429 cm³/mol. The molecule has 34 N–H and O–H groups in total. The van der Waals surface area contributed by atoms with E-state index in [1.807, 2.05) is 0 Å². The Balaban J connectivity index is 0.404. The monoisotopic (exact) mass is 2130 g/mol. The Morgan fingerprint density at radius 1 is 0.138 bits per heavy atom. The number of ether oxygens (including phenoxy) is 31. The molecular weight excluding hydrogens is 2000 g/mol. The maximum absolute atomic E-state index is 11.2. The van der Waals surface area contributed by atoms with Crippen LogP contribution in [0.1, 0.15) is 0 Å². The summed E-state index contributed by atoms with van der Waals surface area (Å²) in [5.74, 6) is 0. The van der Waals surface area contributed by atoms with Gasteiger partial charge in [-0.25, -0.2) is 0 Å². The second kappa shape index (κ2) is 49.9. The Kier molecular flexibility index (Phi) is 39.5. The van der Waals surface area contributed by atoms with Gasteiger partial charge >= 0.3 is 0 Å². The summed E-state index contributed by atoms with van der Waals surface area (Å²) in [6, 6.07) is 0. The van der Waals surface area contributed by atoms with Crippen molar-refractivity contribution in [2.45, 2.75) is 394 Å². The topological polar surface area (TPSA) is 974 Å². The van der Waals surface area contributed by atoms with E-state index in [-0.39, 0.29) is 0 Å². The van der Waals surface area contributed by atoms with Gasteiger partial charge in [0.25, 0.3) is 0 Å². The van der Waals surface area contributed by atoms with Gasteiger partial charge in [-0.1, -0.05) is 0 Å². The molecule has 16 unspecified atom stereocenters. The quantitative estimate of drug-likeness (QED) is 0.0306. The normalized spacial score (nSPS) is 54.8. The molecule has 145 heavy (non-hydrogen) atoms. The molecule has 0 aliphatic carbocycles. The van der Waals surface area contributed by atoms with E-state index in [0.29, 0.717) is 0 Å². The molecule has 0 radical (unpaired) electrons. The molecule has 16 fully saturated rings. The molecule has 16 heterocycles. The summed E-state index contributed by atoms with van der Waals surface area (Å²) in [5.41, 5.74) is 0. The fraction of sp³-hybridized carbons (Fsp3) is 1.00. The SMILES string of the molecule is OC[C@@H]1O[C@@H](OC2[C@H](O[C@@H]3CO[C@H](O[C@@H]4CO[C@H](O[C@@H]5CO[C@H](O[C@@H]6CO[C@H](O[C@@H]7CO[C@H](O[C@@H]8CO[C@H](O[C@@H]9CO[C@H](O[C@@H]%10CO[C@H](O[C@@H]%11CO[C@H](O[C@@H]%12CO[C@H](O[C@@H]%13CO[C@H](O[C@@H]%14CO[C@H](O[C@@H]%15CO[C@@H](O[C@@H]%16CO[C@@H](O)C(O)[C@H]%16O)C(O)[C@H]%15O)C(O)[C@H]%14O)C(O)[C@H]%13O)C(O)[C@H]%12O)C(O)[C@H]%11O)C(O)[C@H]%10O)C(O)[C@H]9O)C(O)[C@H]8O)C(O)[C@H]7O)C(O)[C@H]6O)C(O)[C@H]5O)C(O)[C@H]4O)C(O)[C@H]3O)OC[C@@H](O)[C@@H]2O)C(O)[C@@H]1O. The van der Waals surface area contributed by atoms with Gasteiger partial charge in [0, 0.05) is 0 Å². The Labute approximate surface area is 817 Å². The van der Waals surface area contributed by atoms with Gasteiger partial charge in [-0.05, 0) is 0 Å². The minimum atomic E-state index is -2.01. The van der Waals surface area contributed by atoms with Crippen molar-refractivity contribution in [1.29, 1.82) is 0 Å². The minimum Gasteiger partial charge on any atom is -0.394 e. The largest absolute Gasteiger partial charge is 0.394 e. The first-order chi connectivity index (χ1) is 69.0. The maximum Gasteiger partial charge on any atom is 0.187 e. The first-order valence-electron chi connectivity index (χ1n) is 46.8. The number of hydrogen-bond donors (Lipinski definition) is 34. The molecule has 840 valence electrons. The molecular formula is C80H130O65. The number of aliphatic hydroxyl groups is 34. The molecule has 16 rings (SSSR count). The van der Waals surface area contributed by atoms with Crippen LogP contribution in [0.5, 0.6) is 0 Å². The Morgan fingerprint density at radius 3 is 0.448 bits per heavy atom. The summed E-state index contributed by atoms with van der Waals surface area (Å²) in [4.78, 5) is 0. The molecule has 0 aromatic heterocycles. The lowest BCUT2D eigenvalue weighted by atomic mass is 10.0. The van der Waals surface area contributed by atoms with Crippen molar-refractivity contribution < 1.29 is 320 Å². The van der Waals surface area contributed by atoms with Crippen molar-refractivity contribution in [3.8, 4) is 0 Å². The molecule has 0 bridgehead atoms. The second-order valence-corrected chi connectivity index (χ2v) is 37.6. The van der Waals surface area contributed by atoms with Gasteiger partial charge in [0.1, 0.15) is 293 Å². The highest BCUT2D eigenvalue weighted by Gasteiger charge is 2.60. The summed E-state index contributed by atoms with van der Waals surface area (Å²) in [5, 5.41) is 370. The summed E-state index contributed by atoms with van der Waals surface area (Å²) < 4.78 is 173. The second-order valence-electron chi connectivity index (χ2n) is 37.6. The molecule has 65 heteroatoms. The van der Waals surface area contributed by atoms with Gasteiger partial charge < -0.3 is 320 Å². The summed E-state index contributed by atoms with van der Waals surface area (Å²) >= 11 is 0. The highest BCUT2D eigenvalue weighted by Crippen LogP contribution is 2.40. The van der Waals surface area contributed by atoms with Crippen molar-refractivity contribution in [1.82, 2.24) is 0 Å². The molecule has 0 aromatic carbocycles. The van der Waals surface area contributed by atoms with Crippen molar-refractivity contribution in [3.05, 3.63) is 0 Å². The number of aliphatic hydroxyl groups excluding tert-OH is 34. The third-order valence-electron chi connectivity index (χ3n) is 27.6. The number of hydrogen-bond acceptors (Lipinski definition) is 65. The van der Waals surface area contributed by atoms with Gasteiger partial charge in [-0.3, -0.25) is 0 Å². The lowest BCUT2D eigenvalue weighted by Crippen LogP contribution is -2.64. The third kappa shape index (κ3) is 25.2. The van der Waals surface area contributed by atoms with Crippen LogP contribution in [0.4, 0.5) is 0 Å². The summed E-state index contributed by atoms with van der Waals surface area (Å²) in [6.45, 7) is -9.37. The van der Waals surface area contributed by atoms with Crippen molar-refractivity contribution in [2.75, 3.05) is 106 Å². The molecule has 16 aliphatic rings. The van der Waals surface area contributed by atoms with E-state index in [9.17, 15) is 174 Å². The van der Waals surface area contributed by atoms with Gasteiger partial charge in [-0.2, -0.15) is 0 Å². The molecule has 0 aromatic rings. The van der Waals surface area contributed by atoms with Gasteiger partial charge in [0.05, 0.1) is 106 Å². The van der Waals surface area contributed by atoms with Gasteiger partial charge in [-0.15, -0.1) is 0 Å². The molecule has 0 amide bonds.